The van der Waals surface area contributed by atoms with Crippen molar-refractivity contribution in [3.63, 3.8) is 0 Å². The fourth-order valence-electron chi connectivity index (χ4n) is 19.4. The van der Waals surface area contributed by atoms with Crippen LogP contribution in [0.5, 0.6) is 0 Å². The van der Waals surface area contributed by atoms with Crippen LogP contribution in [-0.2, 0) is 27.1 Å². The van der Waals surface area contributed by atoms with E-state index in [2.05, 4.69) is 303 Å². The molecule has 0 atom stereocenters. The van der Waals surface area contributed by atoms with Gasteiger partial charge in [0.2, 0.25) is 0 Å². The summed E-state index contributed by atoms with van der Waals surface area (Å²) in [5.74, 6) is 0. The van der Waals surface area contributed by atoms with Gasteiger partial charge < -0.3 is 23.4 Å². The van der Waals surface area contributed by atoms with Gasteiger partial charge in [-0.2, -0.15) is 0 Å². The maximum Gasteiger partial charge on any atom is 0.252 e. The van der Waals surface area contributed by atoms with E-state index in [0.29, 0.717) is 33.9 Å². The number of anilines is 6. The number of fused-ring (bicyclic) bond motifs is 13. The largest absolute Gasteiger partial charge is 0.455 e. The minimum Gasteiger partial charge on any atom is -0.455 e. The maximum atomic E-state index is 10.5. The molecule has 0 radical (unpaired) electrons. The van der Waals surface area contributed by atoms with Crippen molar-refractivity contribution in [2.75, 3.05) is 9.80 Å². The molecule has 20 aromatic rings. The zero-order valence-electron chi connectivity index (χ0n) is 88.8. The van der Waals surface area contributed by atoms with Crippen LogP contribution in [0.25, 0.3) is 155 Å². The fraction of sp³-hybridized carbons (Fsp3) is 0.164. The van der Waals surface area contributed by atoms with E-state index < -0.39 is 76.1 Å². The third-order valence-corrected chi connectivity index (χ3v) is 26.2. The Morgan fingerprint density at radius 3 is 1.04 bits per heavy atom. The van der Waals surface area contributed by atoms with Crippen LogP contribution in [0, 0.1) is 0 Å². The zero-order chi connectivity index (χ0) is 100.0. The molecule has 0 N–H and O–H groups in total. The normalized spacial score (nSPS) is 14.6. The Kier molecular flexibility index (Phi) is 15.2. The number of hydrogen-bond acceptors (Lipinski definition) is 3. The molecule has 0 amide bonds. The molecule has 622 valence electrons. The van der Waals surface area contributed by atoms with Crippen LogP contribution >= 0.6 is 0 Å². The Labute approximate surface area is 772 Å². The molecule has 5 nitrogen and oxygen atoms in total. The highest BCUT2D eigenvalue weighted by molar-refractivity contribution is 7.00. The summed E-state index contributed by atoms with van der Waals surface area (Å²) >= 11 is 0. The van der Waals surface area contributed by atoms with Gasteiger partial charge in [0.25, 0.3) is 6.71 Å². The number of aromatic nitrogens is 2. The van der Waals surface area contributed by atoms with Crippen molar-refractivity contribution in [1.82, 2.24) is 9.13 Å². The molecular formula is C122H105BN4O. The molecule has 128 heavy (non-hydrogen) atoms. The molecule has 6 heteroatoms. The van der Waals surface area contributed by atoms with Crippen molar-refractivity contribution in [3.05, 3.63) is 391 Å². The van der Waals surface area contributed by atoms with E-state index in [1.165, 1.54) is 0 Å². The third-order valence-electron chi connectivity index (χ3n) is 26.2. The number of benzene rings is 17. The number of nitrogens with zero attached hydrogens (tertiary/aromatic N) is 4. The van der Waals surface area contributed by atoms with Crippen molar-refractivity contribution in [2.45, 2.75) is 131 Å². The minimum atomic E-state index is -0.880. The van der Waals surface area contributed by atoms with Crippen LogP contribution in [0.4, 0.5) is 34.1 Å². The lowest BCUT2D eigenvalue weighted by molar-refractivity contribution is 0.590. The summed E-state index contributed by atoms with van der Waals surface area (Å²) in [6.07, 6.45) is 0. The second kappa shape index (κ2) is 29.7. The molecule has 17 aromatic carbocycles. The van der Waals surface area contributed by atoms with Crippen LogP contribution in [0.2, 0.25) is 0 Å². The highest BCUT2D eigenvalue weighted by Crippen LogP contribution is 2.58. The number of para-hydroxylation sites is 4. The van der Waals surface area contributed by atoms with Crippen LogP contribution in [0.3, 0.4) is 0 Å². The predicted octanol–water partition coefficient (Wildman–Crippen LogP) is 32.0. The third kappa shape index (κ3) is 13.3. The molecule has 0 unspecified atom stereocenters. The quantitative estimate of drug-likeness (QED) is 0.121. The van der Waals surface area contributed by atoms with Crippen molar-refractivity contribution >= 4 is 123 Å². The van der Waals surface area contributed by atoms with Crippen LogP contribution in [0.1, 0.15) is 151 Å². The molecule has 0 saturated carbocycles. The molecule has 22 rings (SSSR count). The smallest absolute Gasteiger partial charge is 0.252 e. The van der Waals surface area contributed by atoms with E-state index in [1.54, 1.807) is 9.13 Å². The van der Waals surface area contributed by atoms with Gasteiger partial charge in [-0.25, -0.2) is 0 Å². The van der Waals surface area contributed by atoms with Gasteiger partial charge in [0, 0.05) is 94.3 Å². The van der Waals surface area contributed by atoms with Crippen LogP contribution in [-0.4, -0.2) is 15.8 Å². The average Bonchev–Trinajstić information content (AvgIpc) is 1.34. The van der Waals surface area contributed by atoms with Crippen molar-refractivity contribution < 1.29 is 23.6 Å². The minimum absolute atomic E-state index is 0.0213. The van der Waals surface area contributed by atoms with Crippen LogP contribution < -0.4 is 26.2 Å². The second-order valence-electron chi connectivity index (χ2n) is 39.8. The Balaban J connectivity index is 0.977. The topological polar surface area (TPSA) is 29.5 Å². The Morgan fingerprint density at radius 1 is 0.258 bits per heavy atom. The molecule has 0 bridgehead atoms. The van der Waals surface area contributed by atoms with Crippen molar-refractivity contribution in [3.8, 4) is 89.3 Å². The summed E-state index contributed by atoms with van der Waals surface area (Å²) in [7, 11) is 0. The first kappa shape index (κ1) is 65.4. The number of hydrogen-bond donors (Lipinski definition) is 0. The first-order valence-corrected chi connectivity index (χ1v) is 44.4. The van der Waals surface area contributed by atoms with Gasteiger partial charge in [-0.15, -0.1) is 0 Å². The highest BCUT2D eigenvalue weighted by atomic mass is 16.3. The SMILES string of the molecule is [2H]c1c([2H])c([2H])c2c(c1[2H])c1c([2H])c(C(C)(C)C)c([2H])c([2H])c1n2-c1ccc2c(c1)N(c1c(-c3cccc(-c4ccccc4)c3)cc(C(C)(C)C)cc1-c1cccc(-c3ccccc3)c1)c1cc(C(C)(C)C)cc3c1B2c1ccc(-n2c4c([2H])c([2H])c([2H])c([2H])c4c4c([2H])c(C(C)(C)C)c([2H])c([2H])c42)cc1N3c1c(-c2cccc(-c3ccccc3)c2)cc(C(C)(C)C)cc1-c1cccc2c1oc1ccccc12. The van der Waals surface area contributed by atoms with Crippen molar-refractivity contribution in [2.24, 2.45) is 0 Å². The molecule has 0 aliphatic carbocycles. The van der Waals surface area contributed by atoms with Gasteiger partial charge in [-0.1, -0.05) is 346 Å². The standard InChI is InChI=1S/C122H105BN4O/c1-118(2,3)85-55-61-107-100(66-85)92-47-25-28-52-105(92)124(107)90-57-59-103-109(74-90)126(115-97(82-44-31-41-79(63-82)76-35-19-16-20-36-76)68-87(120(7,8)9)69-98(115)83-45-32-42-80(64-83)77-37-21-17-22-38-77)111-72-89(122(13,14)15)73-112-114(111)123(103)104-60-58-91(125-106-53-29-26-48-93(106)101-67-86(119(4,5)6)56-62-108(101)125)75-110(104)127(112)116-99(84-46-33-43-81(65-84)78-39-23-18-24-40-78)70-88(121(10,11)12)71-102(116)96-51-34-50-95-94-49-27-30-54-113(94)128-117(95)96/h16-75H,1-15H3/i25D,26D,28D,29D,47D,48D,52D,53D,55D,56D,61D,62D,66D,67D. The molecule has 0 saturated heterocycles. The molecule has 3 aromatic heterocycles. The Bertz CT molecular complexity index is 8700. The van der Waals surface area contributed by atoms with E-state index in [0.717, 1.165) is 144 Å². The maximum absolute atomic E-state index is 10.5. The summed E-state index contributed by atoms with van der Waals surface area (Å²) < 4.78 is 152. The highest BCUT2D eigenvalue weighted by Gasteiger charge is 2.47. The van der Waals surface area contributed by atoms with Gasteiger partial charge in [0.1, 0.15) is 11.2 Å². The summed E-state index contributed by atoms with van der Waals surface area (Å²) in [5, 5.41) is 2.14. The second-order valence-corrected chi connectivity index (χ2v) is 39.8. The van der Waals surface area contributed by atoms with Gasteiger partial charge in [0.05, 0.1) is 52.6 Å². The number of rotatable bonds is 11. The molecular weight excluding hydrogens is 1550 g/mol. The lowest BCUT2D eigenvalue weighted by atomic mass is 9.33. The van der Waals surface area contributed by atoms with Crippen molar-refractivity contribution in [1.29, 1.82) is 0 Å². The summed E-state index contributed by atoms with van der Waals surface area (Å²) in [4.78, 5) is 4.85. The van der Waals surface area contributed by atoms with E-state index in [1.807, 2.05) is 90.1 Å². The summed E-state index contributed by atoms with van der Waals surface area (Å²) in [5.41, 5.74) is 21.5. The van der Waals surface area contributed by atoms with Gasteiger partial charge in [-0.05, 0) is 243 Å². The first-order valence-electron chi connectivity index (χ1n) is 51.4. The molecule has 5 heterocycles. The van der Waals surface area contributed by atoms with E-state index in [-0.39, 0.29) is 97.0 Å². The Hall–Kier alpha value is -14.2. The van der Waals surface area contributed by atoms with Gasteiger partial charge in [-0.3, -0.25) is 0 Å². The lowest BCUT2D eigenvalue weighted by Gasteiger charge is -2.47. The van der Waals surface area contributed by atoms with Gasteiger partial charge in [0.15, 0.2) is 0 Å². The fourth-order valence-corrected chi connectivity index (χ4v) is 19.4. The van der Waals surface area contributed by atoms with E-state index in [4.69, 9.17) is 4.42 Å². The number of furan rings is 1. The van der Waals surface area contributed by atoms with E-state index >= 15 is 0 Å². The van der Waals surface area contributed by atoms with E-state index in [9.17, 15) is 19.2 Å². The Morgan fingerprint density at radius 2 is 0.609 bits per heavy atom. The molecule has 2 aliphatic rings. The summed E-state index contributed by atoms with van der Waals surface area (Å²) in [6, 6.07) is 93.4. The molecule has 0 fully saturated rings. The first-order chi connectivity index (χ1) is 67.5. The average molecular weight is 1670 g/mol. The predicted molar refractivity (Wildman–Crippen MR) is 548 cm³/mol. The summed E-state index contributed by atoms with van der Waals surface area (Å²) in [6.45, 7) is 30.7. The molecule has 2 aliphatic heterocycles. The zero-order valence-corrected chi connectivity index (χ0v) is 74.8. The lowest BCUT2D eigenvalue weighted by Crippen LogP contribution is -2.61. The van der Waals surface area contributed by atoms with Gasteiger partial charge >= 0.3 is 0 Å². The molecule has 0 spiro atoms. The monoisotopic (exact) mass is 1670 g/mol. The van der Waals surface area contributed by atoms with Crippen LogP contribution in [0.15, 0.2) is 368 Å².